The molecule has 0 radical (unpaired) electrons. The van der Waals surface area contributed by atoms with Crippen molar-refractivity contribution in [1.29, 1.82) is 0 Å². The van der Waals surface area contributed by atoms with Gasteiger partial charge in [-0.15, -0.1) is 0 Å². The van der Waals surface area contributed by atoms with Crippen LogP contribution >= 0.6 is 0 Å². The molecule has 0 unspecified atom stereocenters. The van der Waals surface area contributed by atoms with Gasteiger partial charge in [0.2, 0.25) is 0 Å². The van der Waals surface area contributed by atoms with Crippen LogP contribution in [0.1, 0.15) is 24.0 Å². The highest BCUT2D eigenvalue weighted by molar-refractivity contribution is 5.20. The molecule has 0 aliphatic heterocycles. The van der Waals surface area contributed by atoms with E-state index in [0.29, 0.717) is 0 Å². The maximum atomic E-state index is 4.99. The topological polar surface area (TPSA) is 34.1 Å². The van der Waals surface area contributed by atoms with Gasteiger partial charge >= 0.3 is 0 Å². The zero-order valence-corrected chi connectivity index (χ0v) is 9.62. The highest BCUT2D eigenvalue weighted by atomic mass is 16.5. The second-order valence-corrected chi connectivity index (χ2v) is 3.68. The van der Waals surface area contributed by atoms with Gasteiger partial charge in [0.05, 0.1) is 0 Å². The van der Waals surface area contributed by atoms with E-state index in [2.05, 4.69) is 17.2 Å². The van der Waals surface area contributed by atoms with Crippen molar-refractivity contribution in [2.24, 2.45) is 0 Å². The van der Waals surface area contributed by atoms with Crippen LogP contribution in [0.3, 0.4) is 0 Å². The molecule has 1 aromatic rings. The lowest BCUT2D eigenvalue weighted by Crippen LogP contribution is -2.16. The first-order valence-corrected chi connectivity index (χ1v) is 5.43. The predicted molar refractivity (Wildman–Crippen MR) is 61.8 cm³/mol. The van der Waals surface area contributed by atoms with Crippen molar-refractivity contribution in [3.8, 4) is 0 Å². The van der Waals surface area contributed by atoms with Gasteiger partial charge in [-0.1, -0.05) is 0 Å². The van der Waals surface area contributed by atoms with Crippen molar-refractivity contribution in [2.45, 2.75) is 26.3 Å². The van der Waals surface area contributed by atoms with E-state index in [4.69, 9.17) is 4.74 Å². The number of pyridine rings is 1. The van der Waals surface area contributed by atoms with Gasteiger partial charge in [-0.25, -0.2) is 0 Å². The summed E-state index contributed by atoms with van der Waals surface area (Å²) >= 11 is 0. The van der Waals surface area contributed by atoms with Crippen LogP contribution in [0, 0.1) is 6.92 Å². The Balaban J connectivity index is 2.12. The first-order valence-electron chi connectivity index (χ1n) is 5.43. The second-order valence-electron chi connectivity index (χ2n) is 3.68. The number of aromatic nitrogens is 1. The van der Waals surface area contributed by atoms with Crippen molar-refractivity contribution in [3.63, 3.8) is 0 Å². The molecule has 1 N–H and O–H groups in total. The maximum absolute atomic E-state index is 4.99. The summed E-state index contributed by atoms with van der Waals surface area (Å²) in [7, 11) is 1.74. The molecular formula is C12H20N2O. The minimum Gasteiger partial charge on any atom is -0.385 e. The molecule has 0 aliphatic rings. The van der Waals surface area contributed by atoms with Crippen LogP contribution in [-0.2, 0) is 11.3 Å². The van der Waals surface area contributed by atoms with Gasteiger partial charge in [0.1, 0.15) is 0 Å². The standard InChI is InChI=1S/C12H20N2O/c1-11-5-7-14-10-12(11)9-13-6-3-4-8-15-2/h5,7,10,13H,3-4,6,8-9H2,1-2H3. The Kier molecular flexibility index (Phi) is 5.97. The molecule has 0 bridgehead atoms. The summed E-state index contributed by atoms with van der Waals surface area (Å²) in [6.07, 6.45) is 6.04. The Labute approximate surface area is 91.9 Å². The molecular weight excluding hydrogens is 188 g/mol. The molecule has 3 heteroatoms. The normalized spacial score (nSPS) is 10.5. The largest absolute Gasteiger partial charge is 0.385 e. The molecule has 0 atom stereocenters. The second kappa shape index (κ2) is 7.37. The van der Waals surface area contributed by atoms with E-state index in [0.717, 1.165) is 32.5 Å². The lowest BCUT2D eigenvalue weighted by Gasteiger charge is -2.06. The summed E-state index contributed by atoms with van der Waals surface area (Å²) < 4.78 is 4.99. The summed E-state index contributed by atoms with van der Waals surface area (Å²) in [5.74, 6) is 0. The molecule has 15 heavy (non-hydrogen) atoms. The van der Waals surface area contributed by atoms with Gasteiger partial charge in [0.15, 0.2) is 0 Å². The molecule has 0 amide bonds. The predicted octanol–water partition coefficient (Wildman–Crippen LogP) is 1.91. The fraction of sp³-hybridized carbons (Fsp3) is 0.583. The lowest BCUT2D eigenvalue weighted by atomic mass is 10.1. The highest BCUT2D eigenvalue weighted by Crippen LogP contribution is 2.03. The van der Waals surface area contributed by atoms with E-state index < -0.39 is 0 Å². The Morgan fingerprint density at radius 1 is 1.40 bits per heavy atom. The smallest absolute Gasteiger partial charge is 0.0462 e. The number of rotatable bonds is 7. The number of nitrogens with zero attached hydrogens (tertiary/aromatic N) is 1. The number of ether oxygens (including phenoxy) is 1. The number of hydrogen-bond donors (Lipinski definition) is 1. The molecule has 0 aliphatic carbocycles. The highest BCUT2D eigenvalue weighted by Gasteiger charge is 1.96. The van der Waals surface area contributed by atoms with Gasteiger partial charge in [-0.05, 0) is 43.5 Å². The van der Waals surface area contributed by atoms with Crippen LogP contribution in [0.2, 0.25) is 0 Å². The fourth-order valence-electron chi connectivity index (χ4n) is 1.40. The Hall–Kier alpha value is -0.930. The van der Waals surface area contributed by atoms with E-state index >= 15 is 0 Å². The average Bonchev–Trinajstić information content (AvgIpc) is 2.25. The van der Waals surface area contributed by atoms with Gasteiger partial charge in [-0.3, -0.25) is 4.98 Å². The van der Waals surface area contributed by atoms with Crippen molar-refractivity contribution >= 4 is 0 Å². The third-order valence-corrected chi connectivity index (χ3v) is 2.41. The molecule has 1 rings (SSSR count). The van der Waals surface area contributed by atoms with Crippen LogP contribution in [0.5, 0.6) is 0 Å². The molecule has 0 saturated carbocycles. The maximum Gasteiger partial charge on any atom is 0.0462 e. The van der Waals surface area contributed by atoms with Crippen molar-refractivity contribution in [2.75, 3.05) is 20.3 Å². The van der Waals surface area contributed by atoms with E-state index in [1.165, 1.54) is 11.1 Å². The summed E-state index contributed by atoms with van der Waals surface area (Å²) in [5.41, 5.74) is 2.58. The Morgan fingerprint density at radius 3 is 3.00 bits per heavy atom. The molecule has 0 aromatic carbocycles. The van der Waals surface area contributed by atoms with Gasteiger partial charge in [-0.2, -0.15) is 0 Å². The first-order chi connectivity index (χ1) is 7.34. The number of nitrogens with one attached hydrogen (secondary N) is 1. The number of unbranched alkanes of at least 4 members (excludes halogenated alkanes) is 1. The van der Waals surface area contributed by atoms with Crippen LogP contribution < -0.4 is 5.32 Å². The molecule has 0 saturated heterocycles. The quantitative estimate of drug-likeness (QED) is 0.695. The number of methoxy groups -OCH3 is 1. The average molecular weight is 208 g/mol. The van der Waals surface area contributed by atoms with Crippen LogP contribution in [0.15, 0.2) is 18.5 Å². The summed E-state index contributed by atoms with van der Waals surface area (Å²) in [6.45, 7) is 4.92. The third kappa shape index (κ3) is 4.91. The number of aryl methyl sites for hydroxylation is 1. The molecule has 0 spiro atoms. The molecule has 0 fully saturated rings. The zero-order chi connectivity index (χ0) is 10.9. The summed E-state index contributed by atoms with van der Waals surface area (Å²) in [4.78, 5) is 4.11. The van der Waals surface area contributed by atoms with Crippen LogP contribution in [0.4, 0.5) is 0 Å². The van der Waals surface area contributed by atoms with Crippen LogP contribution in [0.25, 0.3) is 0 Å². The monoisotopic (exact) mass is 208 g/mol. The summed E-state index contributed by atoms with van der Waals surface area (Å²) in [5, 5.41) is 3.41. The fourth-order valence-corrected chi connectivity index (χ4v) is 1.40. The Morgan fingerprint density at radius 2 is 2.27 bits per heavy atom. The molecule has 84 valence electrons. The molecule has 1 aromatic heterocycles. The van der Waals surface area contributed by atoms with E-state index in [-0.39, 0.29) is 0 Å². The van der Waals surface area contributed by atoms with E-state index in [1.807, 2.05) is 18.5 Å². The van der Waals surface area contributed by atoms with Gasteiger partial charge in [0.25, 0.3) is 0 Å². The first kappa shape index (κ1) is 12.1. The third-order valence-electron chi connectivity index (χ3n) is 2.41. The zero-order valence-electron chi connectivity index (χ0n) is 9.62. The van der Waals surface area contributed by atoms with Gasteiger partial charge < -0.3 is 10.1 Å². The van der Waals surface area contributed by atoms with Crippen molar-refractivity contribution < 1.29 is 4.74 Å². The van der Waals surface area contributed by atoms with Crippen molar-refractivity contribution in [3.05, 3.63) is 29.6 Å². The van der Waals surface area contributed by atoms with E-state index in [1.54, 1.807) is 7.11 Å². The van der Waals surface area contributed by atoms with Crippen LogP contribution in [-0.4, -0.2) is 25.2 Å². The van der Waals surface area contributed by atoms with E-state index in [9.17, 15) is 0 Å². The number of hydrogen-bond acceptors (Lipinski definition) is 3. The lowest BCUT2D eigenvalue weighted by molar-refractivity contribution is 0.192. The minimum atomic E-state index is 0.855. The Bertz CT molecular complexity index is 276. The molecule has 1 heterocycles. The van der Waals surface area contributed by atoms with Gasteiger partial charge in [0, 0.05) is 32.7 Å². The SMILES string of the molecule is COCCCCNCc1cnccc1C. The molecule has 3 nitrogen and oxygen atoms in total. The minimum absolute atomic E-state index is 0.855. The summed E-state index contributed by atoms with van der Waals surface area (Å²) in [6, 6.07) is 2.04. The van der Waals surface area contributed by atoms with Crippen molar-refractivity contribution in [1.82, 2.24) is 10.3 Å².